The molecule has 0 saturated carbocycles. The first-order valence-electron chi connectivity index (χ1n) is 15.5. The normalized spacial score (nSPS) is 20.9. The maximum absolute atomic E-state index is 6.96. The standard InChI is InChI=1S/C38H45NO3/c1-2-3-24-39-26-37(41-28-33-20-12-6-13-21-33)35(25-31-16-8-4-9-17-31)38(42-29-34-22-14-7-15-23-34)36(39)30-40-27-32-18-10-5-11-19-32/h4-23,35-38H,2-3,24-30H2,1H3. The second-order valence-corrected chi connectivity index (χ2v) is 11.4. The van der Waals surface area contributed by atoms with E-state index in [0.717, 1.165) is 32.4 Å². The zero-order chi connectivity index (χ0) is 28.8. The summed E-state index contributed by atoms with van der Waals surface area (Å²) in [6.45, 7) is 6.52. The van der Waals surface area contributed by atoms with Crippen LogP contribution in [-0.2, 0) is 40.5 Å². The smallest absolute Gasteiger partial charge is 0.0813 e. The highest BCUT2D eigenvalue weighted by molar-refractivity contribution is 5.18. The monoisotopic (exact) mass is 563 g/mol. The average Bonchev–Trinajstić information content (AvgIpc) is 3.05. The van der Waals surface area contributed by atoms with Crippen LogP contribution in [0.1, 0.15) is 42.0 Å². The van der Waals surface area contributed by atoms with Crippen LogP contribution in [-0.4, -0.2) is 42.8 Å². The molecule has 4 aromatic rings. The summed E-state index contributed by atoms with van der Waals surface area (Å²) in [4.78, 5) is 2.58. The lowest BCUT2D eigenvalue weighted by Gasteiger charge is -2.49. The zero-order valence-electron chi connectivity index (χ0n) is 24.9. The molecule has 4 heteroatoms. The van der Waals surface area contributed by atoms with Crippen molar-refractivity contribution < 1.29 is 14.2 Å². The van der Waals surface area contributed by atoms with Crippen molar-refractivity contribution >= 4 is 0 Å². The fourth-order valence-electron chi connectivity index (χ4n) is 5.99. The van der Waals surface area contributed by atoms with E-state index < -0.39 is 0 Å². The van der Waals surface area contributed by atoms with Gasteiger partial charge in [0, 0.05) is 12.5 Å². The van der Waals surface area contributed by atoms with Gasteiger partial charge in [0.05, 0.1) is 44.7 Å². The van der Waals surface area contributed by atoms with Crippen molar-refractivity contribution in [2.75, 3.05) is 19.7 Å². The van der Waals surface area contributed by atoms with Crippen LogP contribution in [0.2, 0.25) is 0 Å². The molecule has 1 heterocycles. The van der Waals surface area contributed by atoms with E-state index >= 15 is 0 Å². The van der Waals surface area contributed by atoms with Gasteiger partial charge in [0.2, 0.25) is 0 Å². The molecule has 1 fully saturated rings. The van der Waals surface area contributed by atoms with Crippen LogP contribution in [0.4, 0.5) is 0 Å². The number of hydrogen-bond acceptors (Lipinski definition) is 4. The summed E-state index contributed by atoms with van der Waals surface area (Å²) in [5.74, 6) is 0.183. The van der Waals surface area contributed by atoms with Crippen molar-refractivity contribution in [3.05, 3.63) is 144 Å². The third kappa shape index (κ3) is 8.86. The lowest BCUT2D eigenvalue weighted by Crippen LogP contribution is -2.62. The number of piperidine rings is 1. The van der Waals surface area contributed by atoms with Gasteiger partial charge in [0.15, 0.2) is 0 Å². The van der Waals surface area contributed by atoms with Crippen molar-refractivity contribution in [2.24, 2.45) is 5.92 Å². The predicted octanol–water partition coefficient (Wildman–Crippen LogP) is 7.72. The number of rotatable bonds is 15. The number of nitrogens with zero attached hydrogens (tertiary/aromatic N) is 1. The Morgan fingerprint density at radius 2 is 1.12 bits per heavy atom. The average molecular weight is 564 g/mol. The van der Waals surface area contributed by atoms with Crippen LogP contribution in [0.5, 0.6) is 0 Å². The highest BCUT2D eigenvalue weighted by Gasteiger charge is 2.45. The van der Waals surface area contributed by atoms with Gasteiger partial charge < -0.3 is 14.2 Å². The minimum atomic E-state index is -0.0486. The van der Waals surface area contributed by atoms with Crippen LogP contribution in [0.3, 0.4) is 0 Å². The van der Waals surface area contributed by atoms with Gasteiger partial charge in [-0.25, -0.2) is 0 Å². The van der Waals surface area contributed by atoms with Crippen molar-refractivity contribution in [2.45, 2.75) is 64.3 Å². The first-order valence-corrected chi connectivity index (χ1v) is 15.5. The maximum Gasteiger partial charge on any atom is 0.0813 e. The molecule has 0 amide bonds. The Morgan fingerprint density at radius 3 is 1.67 bits per heavy atom. The Hall–Kier alpha value is -3.28. The zero-order valence-corrected chi connectivity index (χ0v) is 24.9. The third-order valence-electron chi connectivity index (χ3n) is 8.27. The number of benzene rings is 4. The quantitative estimate of drug-likeness (QED) is 0.148. The van der Waals surface area contributed by atoms with Gasteiger partial charge in [0.25, 0.3) is 0 Å². The summed E-state index contributed by atoms with van der Waals surface area (Å²) in [5, 5.41) is 0. The van der Waals surface area contributed by atoms with Gasteiger partial charge in [-0.1, -0.05) is 135 Å². The van der Waals surface area contributed by atoms with Crippen LogP contribution < -0.4 is 0 Å². The minimum absolute atomic E-state index is 0.0356. The minimum Gasteiger partial charge on any atom is -0.375 e. The summed E-state index contributed by atoms with van der Waals surface area (Å²) in [6.07, 6.45) is 3.17. The van der Waals surface area contributed by atoms with E-state index in [1.54, 1.807) is 0 Å². The molecular weight excluding hydrogens is 518 g/mol. The van der Waals surface area contributed by atoms with E-state index in [-0.39, 0.29) is 24.2 Å². The van der Waals surface area contributed by atoms with Crippen molar-refractivity contribution in [1.29, 1.82) is 0 Å². The van der Waals surface area contributed by atoms with Gasteiger partial charge in [-0.05, 0) is 41.6 Å². The first kappa shape index (κ1) is 30.2. The molecule has 0 N–H and O–H groups in total. The maximum atomic E-state index is 6.96. The molecular formula is C38H45NO3. The summed E-state index contributed by atoms with van der Waals surface area (Å²) >= 11 is 0. The van der Waals surface area contributed by atoms with E-state index in [1.807, 2.05) is 6.07 Å². The van der Waals surface area contributed by atoms with E-state index in [1.165, 1.54) is 22.3 Å². The molecule has 4 atom stereocenters. The molecule has 0 spiro atoms. The Labute approximate surface area is 252 Å². The fourth-order valence-corrected chi connectivity index (χ4v) is 5.99. The molecule has 1 aliphatic rings. The molecule has 4 nitrogen and oxygen atoms in total. The molecule has 0 aromatic heterocycles. The number of hydrogen-bond donors (Lipinski definition) is 0. The van der Waals surface area contributed by atoms with E-state index in [0.29, 0.717) is 26.4 Å². The highest BCUT2D eigenvalue weighted by Crippen LogP contribution is 2.33. The molecule has 0 radical (unpaired) electrons. The first-order chi connectivity index (χ1) is 20.8. The Kier molecular flexibility index (Phi) is 11.8. The molecule has 4 aromatic carbocycles. The molecule has 220 valence electrons. The van der Waals surface area contributed by atoms with Crippen LogP contribution >= 0.6 is 0 Å². The molecule has 42 heavy (non-hydrogen) atoms. The summed E-state index contributed by atoms with van der Waals surface area (Å²) < 4.78 is 20.2. The van der Waals surface area contributed by atoms with Crippen LogP contribution in [0.25, 0.3) is 0 Å². The Balaban J connectivity index is 1.43. The second-order valence-electron chi connectivity index (χ2n) is 11.4. The molecule has 1 aliphatic heterocycles. The van der Waals surface area contributed by atoms with Crippen molar-refractivity contribution in [3.63, 3.8) is 0 Å². The van der Waals surface area contributed by atoms with E-state index in [9.17, 15) is 0 Å². The molecule has 0 aliphatic carbocycles. The summed E-state index contributed by atoms with van der Waals surface area (Å²) in [6, 6.07) is 42.4. The largest absolute Gasteiger partial charge is 0.375 e. The third-order valence-corrected chi connectivity index (χ3v) is 8.27. The number of unbranched alkanes of at least 4 members (excludes halogenated alkanes) is 1. The summed E-state index contributed by atoms with van der Waals surface area (Å²) in [5.41, 5.74) is 4.90. The lowest BCUT2D eigenvalue weighted by molar-refractivity contribution is -0.163. The van der Waals surface area contributed by atoms with Gasteiger partial charge in [0.1, 0.15) is 0 Å². The molecule has 1 saturated heterocycles. The number of likely N-dealkylation sites (tertiary alicyclic amines) is 1. The van der Waals surface area contributed by atoms with Gasteiger partial charge in [-0.3, -0.25) is 4.90 Å². The molecule has 0 bridgehead atoms. The van der Waals surface area contributed by atoms with Crippen LogP contribution in [0, 0.1) is 5.92 Å². The van der Waals surface area contributed by atoms with Gasteiger partial charge in [-0.15, -0.1) is 0 Å². The van der Waals surface area contributed by atoms with E-state index in [4.69, 9.17) is 14.2 Å². The Bertz CT molecular complexity index is 1270. The van der Waals surface area contributed by atoms with Crippen molar-refractivity contribution in [1.82, 2.24) is 4.90 Å². The second kappa shape index (κ2) is 16.4. The van der Waals surface area contributed by atoms with Crippen LogP contribution in [0.15, 0.2) is 121 Å². The lowest BCUT2D eigenvalue weighted by atomic mass is 9.81. The number of ether oxygens (including phenoxy) is 3. The topological polar surface area (TPSA) is 30.9 Å². The summed E-state index contributed by atoms with van der Waals surface area (Å²) in [7, 11) is 0. The van der Waals surface area contributed by atoms with Gasteiger partial charge >= 0.3 is 0 Å². The van der Waals surface area contributed by atoms with Crippen molar-refractivity contribution in [3.8, 4) is 0 Å². The SMILES string of the molecule is CCCCN1CC(OCc2ccccc2)C(Cc2ccccc2)C(OCc2ccccc2)C1COCc1ccccc1. The fraction of sp³-hybridized carbons (Fsp3) is 0.368. The molecule has 5 rings (SSSR count). The Morgan fingerprint density at radius 1 is 0.619 bits per heavy atom. The predicted molar refractivity (Wildman–Crippen MR) is 170 cm³/mol. The van der Waals surface area contributed by atoms with Gasteiger partial charge in [-0.2, -0.15) is 0 Å². The van der Waals surface area contributed by atoms with E-state index in [2.05, 4.69) is 127 Å². The highest BCUT2D eigenvalue weighted by atomic mass is 16.5. The molecule has 4 unspecified atom stereocenters.